The number of rotatable bonds is 7. The fourth-order valence-electron chi connectivity index (χ4n) is 2.11. The molecular formula is C18H24ClIN4O2. The number of nitrogens with zero attached hydrogens (tertiary/aromatic N) is 2. The van der Waals surface area contributed by atoms with Gasteiger partial charge in [0.25, 0.3) is 0 Å². The van der Waals surface area contributed by atoms with E-state index in [9.17, 15) is 0 Å². The average Bonchev–Trinajstić information content (AvgIpc) is 2.64. The van der Waals surface area contributed by atoms with Crippen LogP contribution in [0, 0.1) is 0 Å². The van der Waals surface area contributed by atoms with Crippen LogP contribution in [0.5, 0.6) is 11.6 Å². The minimum absolute atomic E-state index is 0. The number of ether oxygens (including phenoxy) is 2. The average molecular weight is 491 g/mol. The van der Waals surface area contributed by atoms with E-state index >= 15 is 0 Å². The number of benzene rings is 1. The lowest BCUT2D eigenvalue weighted by Gasteiger charge is -2.18. The van der Waals surface area contributed by atoms with E-state index in [4.69, 9.17) is 21.1 Å². The van der Waals surface area contributed by atoms with Crippen LogP contribution in [-0.4, -0.2) is 37.7 Å². The van der Waals surface area contributed by atoms with Gasteiger partial charge in [-0.25, -0.2) is 4.98 Å². The van der Waals surface area contributed by atoms with Crippen molar-refractivity contribution < 1.29 is 9.47 Å². The molecule has 8 heteroatoms. The normalized spacial score (nSPS) is 11.9. The summed E-state index contributed by atoms with van der Waals surface area (Å²) in [5, 5.41) is 7.18. The van der Waals surface area contributed by atoms with E-state index in [1.807, 2.05) is 31.2 Å². The maximum absolute atomic E-state index is 5.87. The fraction of sp³-hybridized carbons (Fsp3) is 0.333. The lowest BCUT2D eigenvalue weighted by molar-refractivity contribution is 0.224. The molecule has 1 unspecified atom stereocenters. The number of hydrogen-bond donors (Lipinski definition) is 2. The van der Waals surface area contributed by atoms with Crippen LogP contribution in [0.25, 0.3) is 0 Å². The van der Waals surface area contributed by atoms with Crippen LogP contribution in [0.4, 0.5) is 0 Å². The van der Waals surface area contributed by atoms with Crippen molar-refractivity contribution in [3.8, 4) is 11.6 Å². The minimum atomic E-state index is -0.0271. The van der Waals surface area contributed by atoms with Crippen molar-refractivity contribution in [3.63, 3.8) is 0 Å². The topological polar surface area (TPSA) is 67.8 Å². The standard InChI is InChI=1S/C18H23ClN4O2.HI/c1-13(25-16-6-4-15(19)5-7-16)11-22-18(20-2)23-12-14-8-9-21-17(10-14)24-3;/h4-10,13H,11-12H2,1-3H3,(H2,20,22,23);1H. The second-order valence-corrected chi connectivity index (χ2v) is 5.83. The van der Waals surface area contributed by atoms with Gasteiger partial charge in [-0.05, 0) is 42.8 Å². The highest BCUT2D eigenvalue weighted by atomic mass is 127. The minimum Gasteiger partial charge on any atom is -0.489 e. The first-order valence-electron chi connectivity index (χ1n) is 7.96. The summed E-state index contributed by atoms with van der Waals surface area (Å²) < 4.78 is 10.9. The summed E-state index contributed by atoms with van der Waals surface area (Å²) in [4.78, 5) is 8.30. The molecule has 0 saturated heterocycles. The maximum Gasteiger partial charge on any atom is 0.213 e. The molecule has 1 heterocycles. The van der Waals surface area contributed by atoms with E-state index in [-0.39, 0.29) is 30.1 Å². The first-order valence-corrected chi connectivity index (χ1v) is 8.34. The van der Waals surface area contributed by atoms with Crippen LogP contribution in [0.1, 0.15) is 12.5 Å². The lowest BCUT2D eigenvalue weighted by atomic mass is 10.2. The Labute approximate surface area is 176 Å². The molecule has 26 heavy (non-hydrogen) atoms. The molecule has 2 N–H and O–H groups in total. The van der Waals surface area contributed by atoms with Gasteiger partial charge < -0.3 is 20.1 Å². The number of nitrogens with one attached hydrogen (secondary N) is 2. The molecule has 0 aliphatic carbocycles. The molecule has 2 rings (SSSR count). The third kappa shape index (κ3) is 7.65. The molecule has 6 nitrogen and oxygen atoms in total. The highest BCUT2D eigenvalue weighted by molar-refractivity contribution is 14.0. The van der Waals surface area contributed by atoms with Crippen LogP contribution in [0.3, 0.4) is 0 Å². The Morgan fingerprint density at radius 1 is 1.23 bits per heavy atom. The Morgan fingerprint density at radius 3 is 2.62 bits per heavy atom. The summed E-state index contributed by atoms with van der Waals surface area (Å²) in [7, 11) is 3.33. The molecule has 0 saturated carbocycles. The number of pyridine rings is 1. The maximum atomic E-state index is 5.87. The number of aromatic nitrogens is 1. The second kappa shape index (κ2) is 11.8. The van der Waals surface area contributed by atoms with E-state index in [0.29, 0.717) is 30.0 Å². The smallest absolute Gasteiger partial charge is 0.213 e. The molecule has 0 aliphatic heterocycles. The predicted molar refractivity (Wildman–Crippen MR) is 116 cm³/mol. The lowest BCUT2D eigenvalue weighted by Crippen LogP contribution is -2.41. The van der Waals surface area contributed by atoms with Crippen LogP contribution in [-0.2, 0) is 6.54 Å². The van der Waals surface area contributed by atoms with Gasteiger partial charge >= 0.3 is 0 Å². The Kier molecular flexibility index (Phi) is 10.1. The molecule has 0 spiro atoms. The molecule has 2 aromatic rings. The van der Waals surface area contributed by atoms with Crippen LogP contribution < -0.4 is 20.1 Å². The molecule has 0 amide bonds. The van der Waals surface area contributed by atoms with Crippen molar-refractivity contribution in [2.24, 2.45) is 4.99 Å². The Bertz CT molecular complexity index is 698. The number of hydrogen-bond acceptors (Lipinski definition) is 4. The summed E-state index contributed by atoms with van der Waals surface area (Å²) in [5.74, 6) is 2.07. The molecule has 142 valence electrons. The largest absolute Gasteiger partial charge is 0.489 e. The van der Waals surface area contributed by atoms with E-state index in [1.165, 1.54) is 0 Å². The van der Waals surface area contributed by atoms with Gasteiger partial charge in [-0.3, -0.25) is 4.99 Å². The van der Waals surface area contributed by atoms with Crippen LogP contribution >= 0.6 is 35.6 Å². The van der Waals surface area contributed by atoms with Gasteiger partial charge in [-0.2, -0.15) is 0 Å². The van der Waals surface area contributed by atoms with Crippen molar-refractivity contribution in [3.05, 3.63) is 53.2 Å². The summed E-state index contributed by atoms with van der Waals surface area (Å²) in [6.07, 6.45) is 1.69. The molecule has 0 bridgehead atoms. The van der Waals surface area contributed by atoms with Crippen molar-refractivity contribution >= 4 is 41.5 Å². The quantitative estimate of drug-likeness (QED) is 0.353. The third-order valence-electron chi connectivity index (χ3n) is 3.40. The van der Waals surface area contributed by atoms with Gasteiger partial charge in [0.2, 0.25) is 5.88 Å². The molecular weight excluding hydrogens is 467 g/mol. The highest BCUT2D eigenvalue weighted by Crippen LogP contribution is 2.16. The van der Waals surface area contributed by atoms with Crippen LogP contribution in [0.2, 0.25) is 5.02 Å². The summed E-state index contributed by atoms with van der Waals surface area (Å²) in [6, 6.07) is 11.1. The van der Waals surface area contributed by atoms with Gasteiger partial charge in [0.15, 0.2) is 5.96 Å². The fourth-order valence-corrected chi connectivity index (χ4v) is 2.23. The van der Waals surface area contributed by atoms with Crippen molar-refractivity contribution in [2.45, 2.75) is 19.6 Å². The van der Waals surface area contributed by atoms with Crippen molar-refractivity contribution in [2.75, 3.05) is 20.7 Å². The first-order chi connectivity index (χ1) is 12.1. The molecule has 0 fully saturated rings. The Morgan fingerprint density at radius 2 is 1.96 bits per heavy atom. The van der Waals surface area contributed by atoms with E-state index in [1.54, 1.807) is 32.5 Å². The van der Waals surface area contributed by atoms with Gasteiger partial charge in [0.05, 0.1) is 13.7 Å². The zero-order chi connectivity index (χ0) is 18.1. The van der Waals surface area contributed by atoms with Gasteiger partial charge in [0.1, 0.15) is 11.9 Å². The summed E-state index contributed by atoms with van der Waals surface area (Å²) in [6.45, 7) is 3.22. The molecule has 0 radical (unpaired) electrons. The molecule has 1 aromatic carbocycles. The van der Waals surface area contributed by atoms with Crippen molar-refractivity contribution in [1.82, 2.24) is 15.6 Å². The number of halogens is 2. The van der Waals surface area contributed by atoms with Crippen LogP contribution in [0.15, 0.2) is 47.6 Å². The van der Waals surface area contributed by atoms with E-state index in [2.05, 4.69) is 20.6 Å². The zero-order valence-electron chi connectivity index (χ0n) is 15.0. The molecule has 0 aliphatic rings. The van der Waals surface area contributed by atoms with Gasteiger partial charge in [-0.1, -0.05) is 11.6 Å². The highest BCUT2D eigenvalue weighted by Gasteiger charge is 2.06. The third-order valence-corrected chi connectivity index (χ3v) is 3.65. The second-order valence-electron chi connectivity index (χ2n) is 5.40. The van der Waals surface area contributed by atoms with Crippen molar-refractivity contribution in [1.29, 1.82) is 0 Å². The number of guanidine groups is 1. The zero-order valence-corrected chi connectivity index (χ0v) is 18.1. The Balaban J connectivity index is 0.00000338. The van der Waals surface area contributed by atoms with E-state index in [0.717, 1.165) is 11.3 Å². The monoisotopic (exact) mass is 490 g/mol. The van der Waals surface area contributed by atoms with Gasteiger partial charge in [0, 0.05) is 30.9 Å². The summed E-state index contributed by atoms with van der Waals surface area (Å²) >= 11 is 5.87. The number of aliphatic imine (C=N–C) groups is 1. The predicted octanol–water partition coefficient (Wildman–Crippen LogP) is 3.49. The SMILES string of the molecule is CN=C(NCc1ccnc(OC)c1)NCC(C)Oc1ccc(Cl)cc1.I. The summed E-state index contributed by atoms with van der Waals surface area (Å²) in [5.41, 5.74) is 1.06. The molecule has 1 aromatic heterocycles. The molecule has 1 atom stereocenters. The first kappa shape index (κ1) is 22.3. The van der Waals surface area contributed by atoms with E-state index < -0.39 is 0 Å². The number of methoxy groups -OCH3 is 1. The Hall–Kier alpha value is -1.74. The van der Waals surface area contributed by atoms with Gasteiger partial charge in [-0.15, -0.1) is 24.0 Å².